The van der Waals surface area contributed by atoms with E-state index in [9.17, 15) is 18.8 Å². The summed E-state index contributed by atoms with van der Waals surface area (Å²) < 4.78 is 23.4. The van der Waals surface area contributed by atoms with Gasteiger partial charge in [0.2, 0.25) is 5.41 Å². The third-order valence-electron chi connectivity index (χ3n) is 3.70. The maximum atomic E-state index is 13.6. The molecule has 1 aromatic carbocycles. The Morgan fingerprint density at radius 3 is 2.23 bits per heavy atom. The van der Waals surface area contributed by atoms with Gasteiger partial charge in [-0.15, -0.1) is 0 Å². The molecule has 1 aliphatic carbocycles. The number of halogens is 1. The topological polar surface area (TPSA) is 69.7 Å². The minimum atomic E-state index is -2.06. The molecule has 0 atom stereocenters. The van der Waals surface area contributed by atoms with E-state index in [2.05, 4.69) is 0 Å². The predicted molar refractivity (Wildman–Crippen MR) is 74.9 cm³/mol. The number of ketones is 1. The van der Waals surface area contributed by atoms with Crippen molar-refractivity contribution < 1.29 is 28.2 Å². The highest BCUT2D eigenvalue weighted by atomic mass is 19.1. The van der Waals surface area contributed by atoms with E-state index in [1.54, 1.807) is 20.8 Å². The summed E-state index contributed by atoms with van der Waals surface area (Å²) in [5, 5.41) is 0. The largest absolute Gasteiger partial charge is 0.465 e. The number of rotatable bonds is 4. The molecule has 1 aromatic rings. The molecule has 0 aromatic heterocycles. The van der Waals surface area contributed by atoms with Gasteiger partial charge >= 0.3 is 11.9 Å². The molecule has 0 amide bonds. The van der Waals surface area contributed by atoms with Crippen molar-refractivity contribution >= 4 is 17.7 Å². The summed E-state index contributed by atoms with van der Waals surface area (Å²) in [6.07, 6.45) is -0.239. The van der Waals surface area contributed by atoms with Crippen molar-refractivity contribution in [2.45, 2.75) is 27.2 Å². The van der Waals surface area contributed by atoms with Crippen LogP contribution in [0.3, 0.4) is 0 Å². The molecule has 0 N–H and O–H groups in total. The van der Waals surface area contributed by atoms with Crippen LogP contribution in [0.15, 0.2) is 12.1 Å². The molecule has 0 heterocycles. The molecule has 22 heavy (non-hydrogen) atoms. The molecule has 5 nitrogen and oxygen atoms in total. The van der Waals surface area contributed by atoms with Crippen LogP contribution in [0.2, 0.25) is 0 Å². The summed E-state index contributed by atoms with van der Waals surface area (Å²) in [6, 6.07) is 2.36. The smallest absolute Gasteiger partial charge is 0.331 e. The fourth-order valence-electron chi connectivity index (χ4n) is 2.78. The number of hydrogen-bond donors (Lipinski definition) is 0. The van der Waals surface area contributed by atoms with Gasteiger partial charge in [0, 0.05) is 12.0 Å². The summed E-state index contributed by atoms with van der Waals surface area (Å²) in [6.45, 7) is 4.77. The SMILES string of the molecule is CCOC(=O)C1(C(=O)OCC)Cc2cc(F)cc(C)c2C1=O. The average Bonchev–Trinajstić information content (AvgIpc) is 2.73. The third-order valence-corrected chi connectivity index (χ3v) is 3.70. The number of esters is 2. The molecule has 0 radical (unpaired) electrons. The quantitative estimate of drug-likeness (QED) is 0.628. The molecular weight excluding hydrogens is 291 g/mol. The highest BCUT2D eigenvalue weighted by Crippen LogP contribution is 2.41. The Hall–Kier alpha value is -2.24. The van der Waals surface area contributed by atoms with Crippen LogP contribution in [-0.2, 0) is 25.5 Å². The molecule has 118 valence electrons. The zero-order valence-corrected chi connectivity index (χ0v) is 12.7. The van der Waals surface area contributed by atoms with E-state index in [0.717, 1.165) is 0 Å². The van der Waals surface area contributed by atoms with E-state index in [4.69, 9.17) is 9.47 Å². The maximum Gasteiger partial charge on any atom is 0.331 e. The Bertz CT molecular complexity index is 632. The Kier molecular flexibility index (Phi) is 4.30. The van der Waals surface area contributed by atoms with Crippen molar-refractivity contribution in [2.24, 2.45) is 5.41 Å². The number of carbonyl (C=O) groups is 3. The minimum absolute atomic E-state index is 0.0248. The number of carbonyl (C=O) groups excluding carboxylic acids is 3. The lowest BCUT2D eigenvalue weighted by atomic mass is 9.83. The molecule has 6 heteroatoms. The lowest BCUT2D eigenvalue weighted by Gasteiger charge is -2.22. The van der Waals surface area contributed by atoms with Crippen LogP contribution in [0.25, 0.3) is 0 Å². The fourth-order valence-corrected chi connectivity index (χ4v) is 2.78. The van der Waals surface area contributed by atoms with Gasteiger partial charge < -0.3 is 9.47 Å². The van der Waals surface area contributed by atoms with Gasteiger partial charge in [0.25, 0.3) is 0 Å². The molecule has 1 aliphatic rings. The second kappa shape index (κ2) is 5.87. The van der Waals surface area contributed by atoms with Crippen molar-refractivity contribution in [3.05, 3.63) is 34.6 Å². The zero-order valence-electron chi connectivity index (χ0n) is 12.7. The minimum Gasteiger partial charge on any atom is -0.465 e. The molecule has 0 fully saturated rings. The Morgan fingerprint density at radius 1 is 1.18 bits per heavy atom. The fraction of sp³-hybridized carbons (Fsp3) is 0.438. The second-order valence-electron chi connectivity index (χ2n) is 5.11. The molecule has 0 spiro atoms. The van der Waals surface area contributed by atoms with Crippen molar-refractivity contribution in [1.82, 2.24) is 0 Å². The first kappa shape index (κ1) is 16.1. The zero-order chi connectivity index (χ0) is 16.5. The van der Waals surface area contributed by atoms with Crippen LogP contribution < -0.4 is 0 Å². The van der Waals surface area contributed by atoms with Crippen molar-refractivity contribution in [1.29, 1.82) is 0 Å². The van der Waals surface area contributed by atoms with E-state index in [0.29, 0.717) is 11.1 Å². The van der Waals surface area contributed by atoms with Gasteiger partial charge in [-0.05, 0) is 44.0 Å². The third kappa shape index (κ3) is 2.28. The lowest BCUT2D eigenvalue weighted by Crippen LogP contribution is -2.47. The van der Waals surface area contributed by atoms with Crippen molar-refractivity contribution in [2.75, 3.05) is 13.2 Å². The van der Waals surface area contributed by atoms with Crippen molar-refractivity contribution in [3.63, 3.8) is 0 Å². The second-order valence-corrected chi connectivity index (χ2v) is 5.11. The molecule has 0 saturated carbocycles. The molecule has 2 rings (SSSR count). The van der Waals surface area contributed by atoms with Gasteiger partial charge in [-0.2, -0.15) is 0 Å². The molecule has 0 bridgehead atoms. The van der Waals surface area contributed by atoms with Gasteiger partial charge in [-0.25, -0.2) is 4.39 Å². The van der Waals surface area contributed by atoms with Gasteiger partial charge in [0.05, 0.1) is 13.2 Å². The van der Waals surface area contributed by atoms with Crippen LogP contribution in [0, 0.1) is 18.2 Å². The average molecular weight is 308 g/mol. The standard InChI is InChI=1S/C16H17FO5/c1-4-21-14(19)16(15(20)22-5-2)8-10-7-11(17)6-9(3)12(10)13(16)18/h6-7H,4-5,8H2,1-3H3. The van der Waals surface area contributed by atoms with E-state index >= 15 is 0 Å². The number of hydrogen-bond acceptors (Lipinski definition) is 5. The van der Waals surface area contributed by atoms with E-state index in [1.165, 1.54) is 12.1 Å². The predicted octanol–water partition coefficient (Wildman–Crippen LogP) is 1.99. The summed E-state index contributed by atoms with van der Waals surface area (Å²) in [5.74, 6) is -3.10. The van der Waals surface area contributed by atoms with Crippen LogP contribution >= 0.6 is 0 Å². The van der Waals surface area contributed by atoms with Gasteiger partial charge in [-0.3, -0.25) is 14.4 Å². The highest BCUT2D eigenvalue weighted by molar-refractivity contribution is 6.28. The van der Waals surface area contributed by atoms with Gasteiger partial charge in [-0.1, -0.05) is 0 Å². The Balaban J connectivity index is 2.58. The Morgan fingerprint density at radius 2 is 1.73 bits per heavy atom. The van der Waals surface area contributed by atoms with Crippen LogP contribution in [0.5, 0.6) is 0 Å². The first-order valence-electron chi connectivity index (χ1n) is 7.06. The lowest BCUT2D eigenvalue weighted by molar-refractivity contribution is -0.167. The van der Waals surface area contributed by atoms with Crippen molar-refractivity contribution in [3.8, 4) is 0 Å². The number of benzene rings is 1. The molecule has 0 unspecified atom stereocenters. The first-order valence-corrected chi connectivity index (χ1v) is 7.06. The summed E-state index contributed by atoms with van der Waals surface area (Å²) >= 11 is 0. The number of ether oxygens (including phenoxy) is 2. The first-order chi connectivity index (χ1) is 10.4. The molecular formula is C16H17FO5. The monoisotopic (exact) mass is 308 g/mol. The molecule has 0 aliphatic heterocycles. The number of aryl methyl sites for hydroxylation is 1. The Labute approximate surface area is 127 Å². The number of fused-ring (bicyclic) bond motifs is 1. The number of Topliss-reactive ketones (excluding diaryl/α,β-unsaturated/α-hetero) is 1. The van der Waals surface area contributed by atoms with Crippen LogP contribution in [0.1, 0.15) is 35.3 Å². The summed E-state index contributed by atoms with van der Waals surface area (Å²) in [7, 11) is 0. The van der Waals surface area contributed by atoms with Crippen LogP contribution in [0.4, 0.5) is 4.39 Å². The van der Waals surface area contributed by atoms with Gasteiger partial charge in [0.1, 0.15) is 5.82 Å². The maximum absolute atomic E-state index is 13.6. The summed E-state index contributed by atoms with van der Waals surface area (Å²) in [5.41, 5.74) is -1.16. The molecule has 0 saturated heterocycles. The highest BCUT2D eigenvalue weighted by Gasteiger charge is 2.60. The summed E-state index contributed by atoms with van der Waals surface area (Å²) in [4.78, 5) is 37.4. The van der Waals surface area contributed by atoms with Gasteiger partial charge in [0.15, 0.2) is 5.78 Å². The van der Waals surface area contributed by atoms with E-state index in [1.807, 2.05) is 0 Å². The normalized spacial score (nSPS) is 15.4. The van der Waals surface area contributed by atoms with Crippen LogP contribution in [-0.4, -0.2) is 30.9 Å². The van der Waals surface area contributed by atoms with E-state index < -0.39 is 29.0 Å². The van der Waals surface area contributed by atoms with E-state index in [-0.39, 0.29) is 25.2 Å².